The van der Waals surface area contributed by atoms with E-state index in [1.54, 1.807) is 19.1 Å². The SMILES string of the molecule is C[C@H](CCc1ccccc1)NC(=O)[C@H](C)Oc1ccccc1[N+](=O)[O-]. The highest BCUT2D eigenvalue weighted by Gasteiger charge is 2.21. The van der Waals surface area contributed by atoms with Crippen molar-refractivity contribution < 1.29 is 14.5 Å². The first-order valence-corrected chi connectivity index (χ1v) is 8.21. The zero-order valence-corrected chi connectivity index (χ0v) is 14.3. The highest BCUT2D eigenvalue weighted by molar-refractivity contribution is 5.81. The summed E-state index contributed by atoms with van der Waals surface area (Å²) in [6.45, 7) is 3.51. The van der Waals surface area contributed by atoms with Crippen LogP contribution >= 0.6 is 0 Å². The number of carbonyl (C=O) groups excluding carboxylic acids is 1. The first-order chi connectivity index (χ1) is 12.0. The Morgan fingerprint density at radius 2 is 1.76 bits per heavy atom. The molecular weight excluding hydrogens is 320 g/mol. The van der Waals surface area contributed by atoms with Gasteiger partial charge in [0.25, 0.3) is 5.91 Å². The van der Waals surface area contributed by atoms with E-state index < -0.39 is 11.0 Å². The third-order valence-electron chi connectivity index (χ3n) is 3.83. The number of benzene rings is 2. The standard InChI is InChI=1S/C19H22N2O4/c1-14(12-13-16-8-4-3-5-9-16)20-19(22)15(2)25-18-11-7-6-10-17(18)21(23)24/h3-11,14-15H,12-13H2,1-2H3,(H,20,22)/t14-,15+/m1/s1. The number of aryl methyl sites for hydroxylation is 1. The summed E-state index contributed by atoms with van der Waals surface area (Å²) in [6, 6.07) is 16.0. The maximum atomic E-state index is 12.2. The van der Waals surface area contributed by atoms with E-state index in [0.717, 1.165) is 12.8 Å². The molecule has 0 heterocycles. The lowest BCUT2D eigenvalue weighted by molar-refractivity contribution is -0.386. The van der Waals surface area contributed by atoms with Gasteiger partial charge >= 0.3 is 5.69 Å². The number of nitrogens with one attached hydrogen (secondary N) is 1. The predicted octanol–water partition coefficient (Wildman–Crippen LogP) is 3.50. The van der Waals surface area contributed by atoms with Crippen LogP contribution in [0, 0.1) is 10.1 Å². The van der Waals surface area contributed by atoms with Crippen molar-refractivity contribution in [2.24, 2.45) is 0 Å². The first-order valence-electron chi connectivity index (χ1n) is 8.21. The summed E-state index contributed by atoms with van der Waals surface area (Å²) in [5, 5.41) is 13.9. The first kappa shape index (κ1) is 18.4. The van der Waals surface area contributed by atoms with E-state index in [0.29, 0.717) is 0 Å². The van der Waals surface area contributed by atoms with Crippen molar-refractivity contribution in [3.8, 4) is 5.75 Å². The fourth-order valence-electron chi connectivity index (χ4n) is 2.41. The molecule has 2 aromatic rings. The van der Waals surface area contributed by atoms with Crippen molar-refractivity contribution in [3.63, 3.8) is 0 Å². The van der Waals surface area contributed by atoms with Gasteiger partial charge in [-0.1, -0.05) is 42.5 Å². The van der Waals surface area contributed by atoms with Gasteiger partial charge in [0.05, 0.1) is 4.92 Å². The van der Waals surface area contributed by atoms with Crippen LogP contribution in [0.2, 0.25) is 0 Å². The molecule has 0 fully saturated rings. The number of carbonyl (C=O) groups is 1. The maximum Gasteiger partial charge on any atom is 0.310 e. The summed E-state index contributed by atoms with van der Waals surface area (Å²) in [5.41, 5.74) is 1.06. The molecule has 1 N–H and O–H groups in total. The number of amides is 1. The van der Waals surface area contributed by atoms with Crippen LogP contribution < -0.4 is 10.1 Å². The normalized spacial score (nSPS) is 12.9. The van der Waals surface area contributed by atoms with Gasteiger partial charge < -0.3 is 10.1 Å². The molecule has 132 valence electrons. The smallest absolute Gasteiger partial charge is 0.310 e. The Morgan fingerprint density at radius 1 is 1.12 bits per heavy atom. The Bertz CT molecular complexity index is 718. The molecule has 6 nitrogen and oxygen atoms in total. The van der Waals surface area contributed by atoms with E-state index in [1.807, 2.05) is 25.1 Å². The Morgan fingerprint density at radius 3 is 2.44 bits per heavy atom. The number of nitrogens with zero attached hydrogens (tertiary/aromatic N) is 1. The zero-order chi connectivity index (χ0) is 18.2. The molecule has 0 aromatic heterocycles. The minimum Gasteiger partial charge on any atom is -0.474 e. The average Bonchev–Trinajstić information content (AvgIpc) is 2.61. The number of rotatable bonds is 8. The molecule has 0 bridgehead atoms. The molecule has 0 unspecified atom stereocenters. The molecule has 0 spiro atoms. The number of hydrogen-bond acceptors (Lipinski definition) is 4. The van der Waals surface area contributed by atoms with Crippen molar-refractivity contribution >= 4 is 11.6 Å². The van der Waals surface area contributed by atoms with Crippen LogP contribution in [0.15, 0.2) is 54.6 Å². The molecule has 2 rings (SSSR count). The highest BCUT2D eigenvalue weighted by Crippen LogP contribution is 2.26. The van der Waals surface area contributed by atoms with E-state index in [9.17, 15) is 14.9 Å². The van der Waals surface area contributed by atoms with Crippen LogP contribution in [-0.4, -0.2) is 23.0 Å². The molecule has 0 saturated carbocycles. The summed E-state index contributed by atoms with van der Waals surface area (Å²) in [4.78, 5) is 22.7. The van der Waals surface area contributed by atoms with Gasteiger partial charge in [-0.15, -0.1) is 0 Å². The quantitative estimate of drug-likeness (QED) is 0.588. The molecule has 0 radical (unpaired) electrons. The molecule has 2 aromatic carbocycles. The van der Waals surface area contributed by atoms with Crippen LogP contribution in [0.3, 0.4) is 0 Å². The van der Waals surface area contributed by atoms with Crippen molar-refractivity contribution in [1.82, 2.24) is 5.32 Å². The summed E-state index contributed by atoms with van der Waals surface area (Å²) in [6.07, 6.45) is 0.843. The average molecular weight is 342 g/mol. The highest BCUT2D eigenvalue weighted by atomic mass is 16.6. The predicted molar refractivity (Wildman–Crippen MR) is 95.6 cm³/mol. The molecule has 25 heavy (non-hydrogen) atoms. The monoisotopic (exact) mass is 342 g/mol. The number of para-hydroxylation sites is 2. The topological polar surface area (TPSA) is 81.5 Å². The van der Waals surface area contributed by atoms with Gasteiger partial charge in [-0.25, -0.2) is 0 Å². The summed E-state index contributed by atoms with van der Waals surface area (Å²) >= 11 is 0. The molecule has 0 aliphatic carbocycles. The van der Waals surface area contributed by atoms with Crippen molar-refractivity contribution in [2.75, 3.05) is 0 Å². The van der Waals surface area contributed by atoms with E-state index in [2.05, 4.69) is 17.4 Å². The van der Waals surface area contributed by atoms with Gasteiger partial charge in [0.15, 0.2) is 11.9 Å². The largest absolute Gasteiger partial charge is 0.474 e. The fourth-order valence-corrected chi connectivity index (χ4v) is 2.41. The summed E-state index contributed by atoms with van der Waals surface area (Å²) in [7, 11) is 0. The number of nitro benzene ring substituents is 1. The number of nitro groups is 1. The van der Waals surface area contributed by atoms with Crippen LogP contribution in [0.4, 0.5) is 5.69 Å². The lowest BCUT2D eigenvalue weighted by atomic mass is 10.1. The Balaban J connectivity index is 1.86. The number of ether oxygens (including phenoxy) is 1. The van der Waals surface area contributed by atoms with Crippen LogP contribution in [0.25, 0.3) is 0 Å². The Kier molecular flexibility index (Phi) is 6.51. The van der Waals surface area contributed by atoms with E-state index in [-0.39, 0.29) is 23.4 Å². The van der Waals surface area contributed by atoms with E-state index in [4.69, 9.17) is 4.74 Å². The summed E-state index contributed by atoms with van der Waals surface area (Å²) in [5.74, 6) is -0.203. The molecule has 1 amide bonds. The van der Waals surface area contributed by atoms with Gasteiger partial charge in [0.1, 0.15) is 0 Å². The Hall–Kier alpha value is -2.89. The van der Waals surface area contributed by atoms with Crippen molar-refractivity contribution in [3.05, 3.63) is 70.3 Å². The van der Waals surface area contributed by atoms with Gasteiger partial charge in [-0.3, -0.25) is 14.9 Å². The van der Waals surface area contributed by atoms with Crippen molar-refractivity contribution in [2.45, 2.75) is 38.8 Å². The minimum atomic E-state index is -0.819. The van der Waals surface area contributed by atoms with Crippen molar-refractivity contribution in [1.29, 1.82) is 0 Å². The molecule has 2 atom stereocenters. The zero-order valence-electron chi connectivity index (χ0n) is 14.3. The molecule has 6 heteroatoms. The van der Waals surface area contributed by atoms with Crippen LogP contribution in [0.5, 0.6) is 5.75 Å². The number of hydrogen-bond donors (Lipinski definition) is 1. The van der Waals surface area contributed by atoms with Gasteiger partial charge in [-0.2, -0.15) is 0 Å². The summed E-state index contributed by atoms with van der Waals surface area (Å²) < 4.78 is 5.48. The second-order valence-corrected chi connectivity index (χ2v) is 5.92. The second kappa shape index (κ2) is 8.82. The third kappa shape index (κ3) is 5.60. The van der Waals surface area contributed by atoms with E-state index in [1.165, 1.54) is 17.7 Å². The van der Waals surface area contributed by atoms with Gasteiger partial charge in [0, 0.05) is 12.1 Å². The third-order valence-corrected chi connectivity index (χ3v) is 3.83. The van der Waals surface area contributed by atoms with Crippen LogP contribution in [0.1, 0.15) is 25.8 Å². The van der Waals surface area contributed by atoms with Crippen LogP contribution in [-0.2, 0) is 11.2 Å². The fraction of sp³-hybridized carbons (Fsp3) is 0.316. The lowest BCUT2D eigenvalue weighted by Crippen LogP contribution is -2.41. The van der Waals surface area contributed by atoms with Gasteiger partial charge in [-0.05, 0) is 38.3 Å². The molecule has 0 aliphatic heterocycles. The molecular formula is C19H22N2O4. The molecule has 0 saturated heterocycles. The van der Waals surface area contributed by atoms with E-state index >= 15 is 0 Å². The molecule has 0 aliphatic rings. The van der Waals surface area contributed by atoms with Gasteiger partial charge in [0.2, 0.25) is 0 Å². The Labute approximate surface area is 147 Å². The lowest BCUT2D eigenvalue weighted by Gasteiger charge is -2.18. The minimum absolute atomic E-state index is 0.0236. The maximum absolute atomic E-state index is 12.2. The second-order valence-electron chi connectivity index (χ2n) is 5.92.